The summed E-state index contributed by atoms with van der Waals surface area (Å²) in [6.07, 6.45) is 0. The van der Waals surface area contributed by atoms with Crippen LogP contribution in [0.1, 0.15) is 0 Å². The number of pyridine rings is 1. The molecule has 18 heavy (non-hydrogen) atoms. The third-order valence-electron chi connectivity index (χ3n) is 2.21. The van der Waals surface area contributed by atoms with Crippen LogP contribution in [0.3, 0.4) is 0 Å². The lowest BCUT2D eigenvalue weighted by molar-refractivity contribution is 0.450. The van der Waals surface area contributed by atoms with E-state index in [1.54, 1.807) is 0 Å². The minimum Gasteiger partial charge on any atom is -0.201 e. The van der Waals surface area contributed by atoms with Crippen LogP contribution < -0.4 is 0 Å². The maximum atomic E-state index is 13.7. The lowest BCUT2D eigenvalue weighted by Crippen LogP contribution is -2.00. The minimum atomic E-state index is -1.61. The molecule has 0 radical (unpaired) electrons. The Hall–Kier alpha value is -0.970. The molecule has 1 heterocycles. The van der Waals surface area contributed by atoms with E-state index in [0.29, 0.717) is 0 Å². The quantitative estimate of drug-likeness (QED) is 0.666. The zero-order valence-corrected chi connectivity index (χ0v) is 10.7. The molecule has 2 aromatic rings. The van der Waals surface area contributed by atoms with Gasteiger partial charge in [-0.15, -0.1) is 0 Å². The largest absolute Gasteiger partial charge is 0.252 e. The normalized spacial score (nSPS) is 10.8. The van der Waals surface area contributed by atoms with E-state index in [1.807, 2.05) is 0 Å². The Kier molecular flexibility index (Phi) is 3.71. The van der Waals surface area contributed by atoms with Gasteiger partial charge >= 0.3 is 0 Å². The van der Waals surface area contributed by atoms with E-state index in [4.69, 9.17) is 34.8 Å². The summed E-state index contributed by atoms with van der Waals surface area (Å²) >= 11 is 17.3. The molecule has 94 valence electrons. The zero-order chi connectivity index (χ0) is 13.4. The molecule has 0 N–H and O–H groups in total. The average molecular weight is 313 g/mol. The van der Waals surface area contributed by atoms with Crippen LogP contribution >= 0.6 is 34.8 Å². The molecule has 0 spiro atoms. The second kappa shape index (κ2) is 4.96. The molecular weight excluding hydrogens is 309 g/mol. The van der Waals surface area contributed by atoms with Crippen molar-refractivity contribution in [2.45, 2.75) is 0 Å². The van der Waals surface area contributed by atoms with Gasteiger partial charge in [0.05, 0.1) is 10.0 Å². The zero-order valence-electron chi connectivity index (χ0n) is 8.45. The molecule has 0 aliphatic rings. The number of hydrogen-bond donors (Lipinski definition) is 0. The summed E-state index contributed by atoms with van der Waals surface area (Å²) in [5.74, 6) is -4.35. The molecule has 2 rings (SSSR count). The van der Waals surface area contributed by atoms with Gasteiger partial charge in [0.15, 0.2) is 5.82 Å². The van der Waals surface area contributed by atoms with Gasteiger partial charge in [-0.05, 0) is 12.1 Å². The van der Waals surface area contributed by atoms with E-state index in [1.165, 1.54) is 18.2 Å². The van der Waals surface area contributed by atoms with Gasteiger partial charge in [-0.25, -0.2) is 4.39 Å². The minimum absolute atomic E-state index is 0.0216. The molecule has 0 bridgehead atoms. The van der Waals surface area contributed by atoms with Crippen molar-refractivity contribution in [2.24, 2.45) is 0 Å². The van der Waals surface area contributed by atoms with Crippen LogP contribution in [0.15, 0.2) is 18.2 Å². The van der Waals surface area contributed by atoms with Crippen molar-refractivity contribution in [2.75, 3.05) is 0 Å². The highest BCUT2D eigenvalue weighted by Crippen LogP contribution is 2.40. The van der Waals surface area contributed by atoms with Gasteiger partial charge in [0.25, 0.3) is 5.95 Å². The van der Waals surface area contributed by atoms with Gasteiger partial charge in [0.2, 0.25) is 5.95 Å². The van der Waals surface area contributed by atoms with Crippen molar-refractivity contribution in [3.05, 3.63) is 51.0 Å². The molecule has 7 heteroatoms. The predicted molar refractivity (Wildman–Crippen MR) is 64.6 cm³/mol. The van der Waals surface area contributed by atoms with Crippen LogP contribution in [-0.2, 0) is 0 Å². The summed E-state index contributed by atoms with van der Waals surface area (Å²) in [5, 5.41) is -0.634. The lowest BCUT2D eigenvalue weighted by Gasteiger charge is -2.10. The maximum Gasteiger partial charge on any atom is 0.252 e. The van der Waals surface area contributed by atoms with Crippen LogP contribution in [0.2, 0.25) is 15.1 Å². The van der Waals surface area contributed by atoms with Crippen molar-refractivity contribution in [1.29, 1.82) is 0 Å². The molecule has 0 atom stereocenters. The van der Waals surface area contributed by atoms with Gasteiger partial charge < -0.3 is 0 Å². The molecule has 1 nitrogen and oxygen atoms in total. The Morgan fingerprint density at radius 2 is 1.39 bits per heavy atom. The number of aromatic nitrogens is 1. The fourth-order valence-electron chi connectivity index (χ4n) is 1.44. The van der Waals surface area contributed by atoms with Crippen molar-refractivity contribution in [1.82, 2.24) is 4.98 Å². The van der Waals surface area contributed by atoms with Crippen LogP contribution in [0.5, 0.6) is 0 Å². The number of nitrogens with zero attached hydrogens (tertiary/aromatic N) is 1. The van der Waals surface area contributed by atoms with Crippen molar-refractivity contribution in [3.63, 3.8) is 0 Å². The molecule has 0 unspecified atom stereocenters. The molecule has 1 aromatic heterocycles. The standard InChI is InChI=1S/C11H3Cl3F3N/c12-4-2-1-3-5(13)6(4)7-8(14)10(16)18-11(17)9(7)15/h1-3H. The smallest absolute Gasteiger partial charge is 0.201 e. The maximum absolute atomic E-state index is 13.7. The van der Waals surface area contributed by atoms with Crippen LogP contribution in [-0.4, -0.2) is 4.98 Å². The highest BCUT2D eigenvalue weighted by molar-refractivity contribution is 6.41. The lowest BCUT2D eigenvalue weighted by atomic mass is 10.1. The van der Waals surface area contributed by atoms with E-state index in [0.717, 1.165) is 0 Å². The van der Waals surface area contributed by atoms with E-state index >= 15 is 0 Å². The average Bonchev–Trinajstić information content (AvgIpc) is 2.30. The van der Waals surface area contributed by atoms with E-state index in [-0.39, 0.29) is 15.6 Å². The molecule has 1 aromatic carbocycles. The number of halogens is 6. The molecular formula is C11H3Cl3F3N. The van der Waals surface area contributed by atoms with Gasteiger partial charge in [-0.2, -0.15) is 13.8 Å². The first kappa shape index (κ1) is 13.5. The van der Waals surface area contributed by atoms with E-state index in [9.17, 15) is 13.2 Å². The predicted octanol–water partition coefficient (Wildman–Crippen LogP) is 5.13. The monoisotopic (exact) mass is 311 g/mol. The second-order valence-electron chi connectivity index (χ2n) is 3.29. The third-order valence-corrected chi connectivity index (χ3v) is 3.19. The Labute approximate surface area is 115 Å². The van der Waals surface area contributed by atoms with Gasteiger partial charge in [-0.1, -0.05) is 40.9 Å². The second-order valence-corrected chi connectivity index (χ2v) is 4.49. The van der Waals surface area contributed by atoms with Gasteiger partial charge in [0.1, 0.15) is 5.02 Å². The van der Waals surface area contributed by atoms with Gasteiger partial charge in [0, 0.05) is 11.1 Å². The third kappa shape index (κ3) is 2.16. The van der Waals surface area contributed by atoms with E-state index < -0.39 is 28.3 Å². The fraction of sp³-hybridized carbons (Fsp3) is 0. The summed E-state index contributed by atoms with van der Waals surface area (Å²) in [6.45, 7) is 0. The first-order valence-electron chi connectivity index (χ1n) is 4.58. The first-order chi connectivity index (χ1) is 8.43. The summed E-state index contributed by atoms with van der Waals surface area (Å²) in [7, 11) is 0. The molecule has 0 fully saturated rings. The fourth-order valence-corrected chi connectivity index (χ4v) is 2.25. The molecule has 0 saturated carbocycles. The van der Waals surface area contributed by atoms with Gasteiger partial charge in [-0.3, -0.25) is 0 Å². The summed E-state index contributed by atoms with van der Waals surface area (Å²) in [4.78, 5) is 2.69. The highest BCUT2D eigenvalue weighted by Gasteiger charge is 2.23. The van der Waals surface area contributed by atoms with Crippen LogP contribution in [0.25, 0.3) is 11.1 Å². The van der Waals surface area contributed by atoms with Crippen molar-refractivity contribution >= 4 is 34.8 Å². The summed E-state index contributed by atoms with van der Waals surface area (Å²) < 4.78 is 40.0. The van der Waals surface area contributed by atoms with Crippen LogP contribution in [0, 0.1) is 17.7 Å². The SMILES string of the molecule is Fc1nc(F)c(Cl)c(-c2c(Cl)cccc2Cl)c1F. The van der Waals surface area contributed by atoms with Crippen molar-refractivity contribution < 1.29 is 13.2 Å². The number of rotatable bonds is 1. The molecule has 0 aliphatic heterocycles. The number of hydrogen-bond acceptors (Lipinski definition) is 1. The number of benzene rings is 1. The van der Waals surface area contributed by atoms with E-state index in [2.05, 4.69) is 4.98 Å². The van der Waals surface area contributed by atoms with Crippen LogP contribution in [0.4, 0.5) is 13.2 Å². The molecule has 0 amide bonds. The van der Waals surface area contributed by atoms with Crippen molar-refractivity contribution in [3.8, 4) is 11.1 Å². The molecule has 0 saturated heterocycles. The highest BCUT2D eigenvalue weighted by atomic mass is 35.5. The Balaban J connectivity index is 2.87. The Bertz CT molecular complexity index is 585. The topological polar surface area (TPSA) is 12.9 Å². The molecule has 0 aliphatic carbocycles. The Morgan fingerprint density at radius 3 is 1.94 bits per heavy atom. The summed E-state index contributed by atoms with van der Waals surface area (Å²) in [5.41, 5.74) is -0.624. The first-order valence-corrected chi connectivity index (χ1v) is 5.71. The Morgan fingerprint density at radius 1 is 0.833 bits per heavy atom. The summed E-state index contributed by atoms with van der Waals surface area (Å²) in [6, 6.07) is 4.30.